The second kappa shape index (κ2) is 9.78. The summed E-state index contributed by atoms with van der Waals surface area (Å²) in [6.07, 6.45) is 1.56. The van der Waals surface area contributed by atoms with E-state index in [1.165, 1.54) is 0 Å². The van der Waals surface area contributed by atoms with Gasteiger partial charge >= 0.3 is 0 Å². The summed E-state index contributed by atoms with van der Waals surface area (Å²) in [5.74, 6) is 3.05. The fraction of sp³-hybridized carbons (Fsp3) is 0.160. The van der Waals surface area contributed by atoms with Crippen molar-refractivity contribution in [1.29, 1.82) is 0 Å². The Labute approximate surface area is 186 Å². The number of hydrogen-bond donors (Lipinski definition) is 2. The number of aromatic nitrogens is 2. The molecule has 0 saturated carbocycles. The quantitative estimate of drug-likeness (QED) is 0.360. The Morgan fingerprint density at radius 3 is 2.34 bits per heavy atom. The van der Waals surface area contributed by atoms with E-state index in [4.69, 9.17) is 18.9 Å². The fourth-order valence-corrected chi connectivity index (χ4v) is 3.17. The highest BCUT2D eigenvalue weighted by Gasteiger charge is 2.16. The molecule has 0 aliphatic carbocycles. The van der Waals surface area contributed by atoms with Crippen molar-refractivity contribution in [2.45, 2.75) is 13.5 Å². The zero-order chi connectivity index (χ0) is 22.3. The van der Waals surface area contributed by atoms with Crippen LogP contribution in [-0.2, 0) is 6.61 Å². The van der Waals surface area contributed by atoms with E-state index in [9.17, 15) is 5.11 Å². The van der Waals surface area contributed by atoms with Crippen molar-refractivity contribution in [2.24, 2.45) is 0 Å². The van der Waals surface area contributed by atoms with E-state index >= 15 is 0 Å². The fourth-order valence-electron chi connectivity index (χ4n) is 3.17. The molecule has 7 nitrogen and oxygen atoms in total. The van der Waals surface area contributed by atoms with Gasteiger partial charge in [0.05, 0.1) is 19.9 Å². The lowest BCUT2D eigenvalue weighted by Crippen LogP contribution is -1.96. The lowest BCUT2D eigenvalue weighted by Gasteiger charge is -2.12. The van der Waals surface area contributed by atoms with Gasteiger partial charge in [-0.3, -0.25) is 5.10 Å². The maximum Gasteiger partial charge on any atom is 0.173 e. The van der Waals surface area contributed by atoms with Crippen LogP contribution in [0.5, 0.6) is 34.5 Å². The average Bonchev–Trinajstić information content (AvgIpc) is 3.27. The smallest absolute Gasteiger partial charge is 0.173 e. The van der Waals surface area contributed by atoms with Crippen LogP contribution in [-0.4, -0.2) is 29.0 Å². The summed E-state index contributed by atoms with van der Waals surface area (Å²) in [6.45, 7) is 2.81. The molecule has 0 aliphatic heterocycles. The van der Waals surface area contributed by atoms with Gasteiger partial charge in [0.1, 0.15) is 29.5 Å². The number of para-hydroxylation sites is 2. The van der Waals surface area contributed by atoms with Crippen LogP contribution in [0, 0.1) is 0 Å². The van der Waals surface area contributed by atoms with E-state index in [0.717, 1.165) is 11.3 Å². The Balaban J connectivity index is 1.50. The number of phenols is 1. The van der Waals surface area contributed by atoms with Crippen molar-refractivity contribution in [3.05, 3.63) is 78.5 Å². The highest BCUT2D eigenvalue weighted by Crippen LogP contribution is 2.40. The highest BCUT2D eigenvalue weighted by molar-refractivity contribution is 5.73. The molecule has 0 unspecified atom stereocenters. The molecular weight excluding hydrogens is 408 g/mol. The SMILES string of the molecule is CCOc1ccccc1Oc1cn[nH]c1-c1ccc(OCc2ccc(OC)cc2)cc1O. The maximum absolute atomic E-state index is 10.6. The molecule has 0 amide bonds. The summed E-state index contributed by atoms with van der Waals surface area (Å²) in [5, 5.41) is 17.6. The summed E-state index contributed by atoms with van der Waals surface area (Å²) in [5.41, 5.74) is 2.09. The van der Waals surface area contributed by atoms with Gasteiger partial charge < -0.3 is 24.1 Å². The van der Waals surface area contributed by atoms with Crippen molar-refractivity contribution >= 4 is 0 Å². The van der Waals surface area contributed by atoms with Gasteiger partial charge in [-0.05, 0) is 48.9 Å². The number of nitrogens with zero attached hydrogens (tertiary/aromatic N) is 1. The first-order chi connectivity index (χ1) is 15.7. The number of rotatable bonds is 9. The zero-order valence-corrected chi connectivity index (χ0v) is 17.9. The second-order valence-electron chi connectivity index (χ2n) is 6.91. The first-order valence-electron chi connectivity index (χ1n) is 10.2. The number of ether oxygens (including phenoxy) is 4. The van der Waals surface area contributed by atoms with E-state index in [0.29, 0.717) is 47.5 Å². The van der Waals surface area contributed by atoms with Crippen molar-refractivity contribution in [2.75, 3.05) is 13.7 Å². The van der Waals surface area contributed by atoms with Gasteiger partial charge in [0.2, 0.25) is 0 Å². The Kier molecular flexibility index (Phi) is 6.46. The topological polar surface area (TPSA) is 85.8 Å². The van der Waals surface area contributed by atoms with Gasteiger partial charge in [0.15, 0.2) is 17.2 Å². The molecule has 0 bridgehead atoms. The van der Waals surface area contributed by atoms with Crippen LogP contribution in [0.15, 0.2) is 72.9 Å². The lowest BCUT2D eigenvalue weighted by atomic mass is 10.1. The number of H-pyrrole nitrogens is 1. The highest BCUT2D eigenvalue weighted by atomic mass is 16.5. The molecule has 0 aliphatic rings. The number of methoxy groups -OCH3 is 1. The number of hydrogen-bond acceptors (Lipinski definition) is 6. The van der Waals surface area contributed by atoms with Crippen molar-refractivity contribution < 1.29 is 24.1 Å². The molecule has 32 heavy (non-hydrogen) atoms. The molecule has 0 atom stereocenters. The summed E-state index contributed by atoms with van der Waals surface area (Å²) < 4.78 is 22.6. The Hall–Kier alpha value is -4.13. The predicted octanol–water partition coefficient (Wildman–Crippen LogP) is 5.56. The van der Waals surface area contributed by atoms with Crippen LogP contribution in [0.2, 0.25) is 0 Å². The van der Waals surface area contributed by atoms with Gasteiger partial charge in [-0.15, -0.1) is 0 Å². The number of aromatic hydroxyl groups is 1. The monoisotopic (exact) mass is 432 g/mol. The van der Waals surface area contributed by atoms with E-state index in [2.05, 4.69) is 10.2 Å². The van der Waals surface area contributed by atoms with Crippen molar-refractivity contribution in [1.82, 2.24) is 10.2 Å². The van der Waals surface area contributed by atoms with Crippen LogP contribution in [0.4, 0.5) is 0 Å². The lowest BCUT2D eigenvalue weighted by molar-refractivity contribution is 0.304. The van der Waals surface area contributed by atoms with Crippen LogP contribution in [0.1, 0.15) is 12.5 Å². The molecule has 1 aromatic heterocycles. The van der Waals surface area contributed by atoms with Crippen LogP contribution in [0.3, 0.4) is 0 Å². The molecule has 0 saturated heterocycles. The standard InChI is InChI=1S/C25H24N2O5/c1-3-30-22-6-4-5-7-23(22)32-24-15-26-27-25(24)20-13-12-19(14-21(20)28)31-16-17-8-10-18(29-2)11-9-17/h4-15,28H,3,16H2,1-2H3,(H,26,27). The van der Waals surface area contributed by atoms with E-state index in [1.54, 1.807) is 31.5 Å². The normalized spacial score (nSPS) is 10.6. The first-order valence-corrected chi connectivity index (χ1v) is 10.2. The zero-order valence-electron chi connectivity index (χ0n) is 17.9. The average molecular weight is 432 g/mol. The molecule has 0 fully saturated rings. The molecule has 2 N–H and O–H groups in total. The van der Waals surface area contributed by atoms with E-state index < -0.39 is 0 Å². The van der Waals surface area contributed by atoms with Crippen LogP contribution >= 0.6 is 0 Å². The summed E-state index contributed by atoms with van der Waals surface area (Å²) in [7, 11) is 1.63. The van der Waals surface area contributed by atoms with Gasteiger partial charge in [0.25, 0.3) is 0 Å². The van der Waals surface area contributed by atoms with Gasteiger partial charge in [-0.2, -0.15) is 5.10 Å². The van der Waals surface area contributed by atoms with Crippen molar-refractivity contribution in [3.8, 4) is 45.8 Å². The minimum absolute atomic E-state index is 0.0458. The summed E-state index contributed by atoms with van der Waals surface area (Å²) in [4.78, 5) is 0. The van der Waals surface area contributed by atoms with Crippen LogP contribution < -0.4 is 18.9 Å². The molecule has 0 spiro atoms. The molecule has 0 radical (unpaired) electrons. The van der Waals surface area contributed by atoms with Crippen molar-refractivity contribution in [3.63, 3.8) is 0 Å². The summed E-state index contributed by atoms with van der Waals surface area (Å²) >= 11 is 0. The maximum atomic E-state index is 10.6. The van der Waals surface area contributed by atoms with Gasteiger partial charge in [-0.1, -0.05) is 24.3 Å². The number of benzene rings is 3. The predicted molar refractivity (Wildman–Crippen MR) is 121 cm³/mol. The first kappa shape index (κ1) is 21.1. The minimum Gasteiger partial charge on any atom is -0.507 e. The molecule has 4 rings (SSSR count). The molecule has 164 valence electrons. The number of nitrogens with one attached hydrogen (secondary N) is 1. The third kappa shape index (κ3) is 4.78. The Morgan fingerprint density at radius 2 is 1.62 bits per heavy atom. The van der Waals surface area contributed by atoms with E-state index in [1.807, 2.05) is 55.5 Å². The molecule has 4 aromatic rings. The third-order valence-corrected chi connectivity index (χ3v) is 4.78. The largest absolute Gasteiger partial charge is 0.507 e. The molecule has 1 heterocycles. The number of phenolic OH excluding ortho intramolecular Hbond substituents is 1. The van der Waals surface area contributed by atoms with E-state index in [-0.39, 0.29) is 5.75 Å². The summed E-state index contributed by atoms with van der Waals surface area (Å²) in [6, 6.07) is 20.1. The third-order valence-electron chi connectivity index (χ3n) is 4.78. The number of aromatic amines is 1. The van der Waals surface area contributed by atoms with Crippen LogP contribution in [0.25, 0.3) is 11.3 Å². The molecular formula is C25H24N2O5. The Morgan fingerprint density at radius 1 is 0.875 bits per heavy atom. The minimum atomic E-state index is 0.0458. The van der Waals surface area contributed by atoms with Gasteiger partial charge in [0, 0.05) is 11.6 Å². The molecule has 3 aromatic carbocycles. The van der Waals surface area contributed by atoms with Gasteiger partial charge in [-0.25, -0.2) is 0 Å². The Bertz CT molecular complexity index is 1170. The second-order valence-corrected chi connectivity index (χ2v) is 6.91. The molecule has 7 heteroatoms.